The highest BCUT2D eigenvalue weighted by Gasteiger charge is 2.35. The average molecular weight is 325 g/mol. The van der Waals surface area contributed by atoms with Gasteiger partial charge in [0.25, 0.3) is 5.91 Å². The van der Waals surface area contributed by atoms with Gasteiger partial charge in [0.05, 0.1) is 11.7 Å². The van der Waals surface area contributed by atoms with Gasteiger partial charge in [0.15, 0.2) is 0 Å². The number of amides is 1. The van der Waals surface area contributed by atoms with Crippen LogP contribution >= 0.6 is 0 Å². The molecule has 0 heterocycles. The Morgan fingerprint density at radius 3 is 2.25 bits per heavy atom. The van der Waals surface area contributed by atoms with Crippen LogP contribution in [-0.2, 0) is 12.8 Å². The van der Waals surface area contributed by atoms with Crippen LogP contribution in [0.25, 0.3) is 0 Å². The maximum atomic E-state index is 12.3. The normalized spacial score (nSPS) is 15.2. The minimum Gasteiger partial charge on any atom is -0.491 e. The van der Waals surface area contributed by atoms with Crippen molar-refractivity contribution in [2.24, 2.45) is 0 Å². The van der Waals surface area contributed by atoms with Crippen molar-refractivity contribution < 1.29 is 14.6 Å². The minimum atomic E-state index is -0.903. The molecule has 126 valence electrons. The number of carbonyl (C=O) groups excluding carboxylic acids is 1. The monoisotopic (exact) mass is 325 g/mol. The van der Waals surface area contributed by atoms with Crippen molar-refractivity contribution in [2.45, 2.75) is 38.4 Å². The van der Waals surface area contributed by atoms with E-state index < -0.39 is 5.60 Å². The lowest BCUT2D eigenvalue weighted by Crippen LogP contribution is -2.43. The van der Waals surface area contributed by atoms with E-state index in [9.17, 15) is 9.90 Å². The highest BCUT2D eigenvalue weighted by atomic mass is 16.5. The molecule has 2 aromatic carbocycles. The number of hydrogen-bond acceptors (Lipinski definition) is 3. The summed E-state index contributed by atoms with van der Waals surface area (Å²) in [5.41, 5.74) is 1.97. The third kappa shape index (κ3) is 3.77. The molecule has 1 amide bonds. The maximum Gasteiger partial charge on any atom is 0.251 e. The summed E-state index contributed by atoms with van der Waals surface area (Å²) in [6.07, 6.45) is 1.25. The van der Waals surface area contributed by atoms with Crippen molar-refractivity contribution in [3.63, 3.8) is 0 Å². The smallest absolute Gasteiger partial charge is 0.251 e. The Labute approximate surface area is 142 Å². The summed E-state index contributed by atoms with van der Waals surface area (Å²) >= 11 is 0. The first kappa shape index (κ1) is 16.5. The summed E-state index contributed by atoms with van der Waals surface area (Å²) in [6.45, 7) is 4.16. The molecule has 2 N–H and O–H groups in total. The molecule has 0 fully saturated rings. The number of hydrogen-bond donors (Lipinski definition) is 2. The van der Waals surface area contributed by atoms with Crippen LogP contribution < -0.4 is 10.1 Å². The van der Waals surface area contributed by atoms with Gasteiger partial charge in [0, 0.05) is 24.9 Å². The van der Waals surface area contributed by atoms with Crippen LogP contribution in [0, 0.1) is 0 Å². The molecule has 0 spiro atoms. The van der Waals surface area contributed by atoms with Gasteiger partial charge in [-0.2, -0.15) is 0 Å². The van der Waals surface area contributed by atoms with Gasteiger partial charge in [-0.1, -0.05) is 24.3 Å². The van der Waals surface area contributed by atoms with E-state index in [0.717, 1.165) is 16.9 Å². The van der Waals surface area contributed by atoms with Gasteiger partial charge in [0.2, 0.25) is 0 Å². The Bertz CT molecular complexity index is 697. The molecule has 2 aromatic rings. The van der Waals surface area contributed by atoms with Crippen molar-refractivity contribution in [1.82, 2.24) is 5.32 Å². The van der Waals surface area contributed by atoms with Crippen LogP contribution in [0.1, 0.15) is 35.3 Å². The standard InChI is InChI=1S/C20H23NO3/c1-14(2)24-18-9-7-15(8-10-18)19(22)21-13-20(23)11-16-5-3-4-6-17(16)12-20/h3-10,14,23H,11-13H2,1-2H3,(H,21,22). The zero-order valence-electron chi connectivity index (χ0n) is 14.1. The molecule has 1 aliphatic rings. The summed E-state index contributed by atoms with van der Waals surface area (Å²) in [6, 6.07) is 15.1. The Hall–Kier alpha value is -2.33. The highest BCUT2D eigenvalue weighted by Crippen LogP contribution is 2.29. The number of carbonyl (C=O) groups is 1. The maximum absolute atomic E-state index is 12.3. The predicted molar refractivity (Wildman–Crippen MR) is 93.3 cm³/mol. The quantitative estimate of drug-likeness (QED) is 0.889. The van der Waals surface area contributed by atoms with Crippen LogP contribution in [-0.4, -0.2) is 29.3 Å². The molecule has 0 atom stereocenters. The van der Waals surface area contributed by atoms with Gasteiger partial charge in [-0.15, -0.1) is 0 Å². The first-order valence-corrected chi connectivity index (χ1v) is 8.29. The third-order valence-electron chi connectivity index (χ3n) is 4.22. The molecule has 4 heteroatoms. The molecule has 24 heavy (non-hydrogen) atoms. The van der Waals surface area contributed by atoms with E-state index >= 15 is 0 Å². The first-order valence-electron chi connectivity index (χ1n) is 8.29. The van der Waals surface area contributed by atoms with E-state index in [1.807, 2.05) is 38.1 Å². The van der Waals surface area contributed by atoms with Gasteiger partial charge in [-0.05, 0) is 49.2 Å². The van der Waals surface area contributed by atoms with E-state index in [-0.39, 0.29) is 18.6 Å². The highest BCUT2D eigenvalue weighted by molar-refractivity contribution is 5.94. The fourth-order valence-corrected chi connectivity index (χ4v) is 3.10. The van der Waals surface area contributed by atoms with Crippen LogP contribution in [0.5, 0.6) is 5.75 Å². The van der Waals surface area contributed by atoms with Gasteiger partial charge in [-0.25, -0.2) is 0 Å². The van der Waals surface area contributed by atoms with Crippen molar-refractivity contribution >= 4 is 5.91 Å². The van der Waals surface area contributed by atoms with Crippen molar-refractivity contribution in [3.8, 4) is 5.75 Å². The zero-order valence-corrected chi connectivity index (χ0v) is 14.1. The summed E-state index contributed by atoms with van der Waals surface area (Å²) < 4.78 is 5.57. The second kappa shape index (κ2) is 6.65. The van der Waals surface area contributed by atoms with E-state index in [2.05, 4.69) is 5.32 Å². The van der Waals surface area contributed by atoms with Gasteiger partial charge < -0.3 is 15.2 Å². The Morgan fingerprint density at radius 2 is 1.71 bits per heavy atom. The van der Waals surface area contributed by atoms with Crippen molar-refractivity contribution in [1.29, 1.82) is 0 Å². The number of ether oxygens (including phenoxy) is 1. The topological polar surface area (TPSA) is 58.6 Å². The van der Waals surface area contributed by atoms with Crippen LogP contribution in [0.15, 0.2) is 48.5 Å². The lowest BCUT2D eigenvalue weighted by molar-refractivity contribution is 0.0480. The molecule has 0 saturated carbocycles. The number of nitrogens with one attached hydrogen (secondary N) is 1. The molecular weight excluding hydrogens is 302 g/mol. The van der Waals surface area contributed by atoms with Gasteiger partial charge >= 0.3 is 0 Å². The molecule has 0 saturated heterocycles. The summed E-state index contributed by atoms with van der Waals surface area (Å²) in [4.78, 5) is 12.3. The fraction of sp³-hybridized carbons (Fsp3) is 0.350. The van der Waals surface area contributed by atoms with Crippen LogP contribution in [0.3, 0.4) is 0 Å². The lowest BCUT2D eigenvalue weighted by atomic mass is 10.0. The second-order valence-electron chi connectivity index (χ2n) is 6.72. The van der Waals surface area contributed by atoms with E-state index in [0.29, 0.717) is 18.4 Å². The van der Waals surface area contributed by atoms with Gasteiger partial charge in [-0.3, -0.25) is 4.79 Å². The Balaban J connectivity index is 1.58. The van der Waals surface area contributed by atoms with E-state index in [1.54, 1.807) is 24.3 Å². The number of rotatable bonds is 5. The molecule has 4 nitrogen and oxygen atoms in total. The molecule has 0 aromatic heterocycles. The van der Waals surface area contributed by atoms with Gasteiger partial charge in [0.1, 0.15) is 5.75 Å². The first-order chi connectivity index (χ1) is 11.5. The minimum absolute atomic E-state index is 0.0999. The Morgan fingerprint density at radius 1 is 1.12 bits per heavy atom. The van der Waals surface area contributed by atoms with Crippen LogP contribution in [0.4, 0.5) is 0 Å². The number of aliphatic hydroxyl groups is 1. The van der Waals surface area contributed by atoms with Crippen molar-refractivity contribution in [3.05, 3.63) is 65.2 Å². The van der Waals surface area contributed by atoms with Crippen LogP contribution in [0.2, 0.25) is 0 Å². The predicted octanol–water partition coefficient (Wildman–Crippen LogP) is 2.73. The average Bonchev–Trinajstić information content (AvgIpc) is 2.89. The molecule has 0 bridgehead atoms. The molecule has 0 aliphatic heterocycles. The summed E-state index contributed by atoms with van der Waals surface area (Å²) in [5.74, 6) is 0.557. The molecule has 3 rings (SSSR count). The summed E-state index contributed by atoms with van der Waals surface area (Å²) in [7, 11) is 0. The Kier molecular flexibility index (Phi) is 4.58. The number of fused-ring (bicyclic) bond motifs is 1. The molecule has 0 unspecified atom stereocenters. The molecule has 0 radical (unpaired) electrons. The largest absolute Gasteiger partial charge is 0.491 e. The van der Waals surface area contributed by atoms with Crippen molar-refractivity contribution in [2.75, 3.05) is 6.54 Å². The van der Waals surface area contributed by atoms with E-state index in [1.165, 1.54) is 0 Å². The van der Waals surface area contributed by atoms with E-state index in [4.69, 9.17) is 4.74 Å². The molecule has 1 aliphatic carbocycles. The fourth-order valence-electron chi connectivity index (χ4n) is 3.10. The summed E-state index contributed by atoms with van der Waals surface area (Å²) in [5, 5.41) is 13.6. The number of benzene rings is 2. The lowest BCUT2D eigenvalue weighted by Gasteiger charge is -2.22. The molecular formula is C20H23NO3. The zero-order chi connectivity index (χ0) is 17.2. The SMILES string of the molecule is CC(C)Oc1ccc(C(=O)NCC2(O)Cc3ccccc3C2)cc1. The second-order valence-corrected chi connectivity index (χ2v) is 6.72. The third-order valence-corrected chi connectivity index (χ3v) is 4.22.